The largest absolute Gasteiger partial charge is 0.344 e. The van der Waals surface area contributed by atoms with Crippen LogP contribution in [-0.4, -0.2) is 4.57 Å². The Morgan fingerprint density at radius 1 is 1.00 bits per heavy atom. The summed E-state index contributed by atoms with van der Waals surface area (Å²) in [5.41, 5.74) is 3.70. The number of nitrogens with zero attached hydrogens (tertiary/aromatic N) is 1. The van der Waals surface area contributed by atoms with E-state index in [4.69, 9.17) is 0 Å². The van der Waals surface area contributed by atoms with E-state index in [2.05, 4.69) is 60.7 Å². The summed E-state index contributed by atoms with van der Waals surface area (Å²) in [5, 5.41) is 2.62. The summed E-state index contributed by atoms with van der Waals surface area (Å²) in [6.07, 6.45) is 1.89. The molecule has 0 aliphatic heterocycles. The molecule has 0 atom stereocenters. The lowest BCUT2D eigenvalue weighted by molar-refractivity contribution is 1.01. The highest BCUT2D eigenvalue weighted by molar-refractivity contribution is 6.08. The fraction of sp³-hybridized carbons (Fsp3) is 0.0667. The van der Waals surface area contributed by atoms with Crippen molar-refractivity contribution in [2.75, 3.05) is 0 Å². The number of rotatable bonds is 1. The van der Waals surface area contributed by atoms with Crippen LogP contribution in [0.25, 0.3) is 27.9 Å². The van der Waals surface area contributed by atoms with Gasteiger partial charge in [-0.15, -0.1) is 0 Å². The van der Waals surface area contributed by atoms with E-state index in [1.165, 1.54) is 27.4 Å². The molecular formula is C15H13N. The van der Waals surface area contributed by atoms with Crippen LogP contribution in [0.15, 0.2) is 49.0 Å². The Hall–Kier alpha value is -2.02. The summed E-state index contributed by atoms with van der Waals surface area (Å²) in [5.74, 6) is 0. The van der Waals surface area contributed by atoms with Crippen molar-refractivity contribution < 1.29 is 0 Å². The van der Waals surface area contributed by atoms with Gasteiger partial charge in [-0.2, -0.15) is 0 Å². The highest BCUT2D eigenvalue weighted by atomic mass is 14.9. The van der Waals surface area contributed by atoms with Gasteiger partial charge in [0.1, 0.15) is 0 Å². The molecule has 78 valence electrons. The van der Waals surface area contributed by atoms with Crippen LogP contribution in [0.1, 0.15) is 5.56 Å². The molecule has 0 radical (unpaired) electrons. The van der Waals surface area contributed by atoms with E-state index in [0.29, 0.717) is 0 Å². The first-order valence-electron chi connectivity index (χ1n) is 5.41. The van der Waals surface area contributed by atoms with Gasteiger partial charge < -0.3 is 4.57 Å². The Balaban J connectivity index is 2.55. The molecule has 16 heavy (non-hydrogen) atoms. The summed E-state index contributed by atoms with van der Waals surface area (Å²) in [4.78, 5) is 0. The molecule has 0 fully saturated rings. The predicted molar refractivity (Wildman–Crippen MR) is 70.5 cm³/mol. The van der Waals surface area contributed by atoms with Gasteiger partial charge in [0.15, 0.2) is 0 Å². The molecule has 0 N–H and O–H groups in total. The second kappa shape index (κ2) is 3.24. The molecule has 1 heteroatoms. The van der Waals surface area contributed by atoms with Crippen LogP contribution in [0.5, 0.6) is 0 Å². The lowest BCUT2D eigenvalue weighted by Gasteiger charge is -1.98. The van der Waals surface area contributed by atoms with Crippen molar-refractivity contribution in [3.63, 3.8) is 0 Å². The molecule has 1 heterocycles. The van der Waals surface area contributed by atoms with E-state index in [9.17, 15) is 0 Å². The fourth-order valence-corrected chi connectivity index (χ4v) is 2.30. The van der Waals surface area contributed by atoms with Gasteiger partial charge in [-0.05, 0) is 17.7 Å². The van der Waals surface area contributed by atoms with Gasteiger partial charge in [0.25, 0.3) is 0 Å². The number of hydrogen-bond donors (Lipinski definition) is 0. The zero-order chi connectivity index (χ0) is 11.1. The smallest absolute Gasteiger partial charge is 0.0494 e. The molecule has 2 aromatic carbocycles. The molecular weight excluding hydrogens is 194 g/mol. The Morgan fingerprint density at radius 3 is 2.56 bits per heavy atom. The molecule has 0 saturated heterocycles. The molecule has 0 aliphatic carbocycles. The van der Waals surface area contributed by atoms with Crippen molar-refractivity contribution in [1.82, 2.24) is 4.57 Å². The van der Waals surface area contributed by atoms with E-state index >= 15 is 0 Å². The summed E-state index contributed by atoms with van der Waals surface area (Å²) in [7, 11) is 2.11. The van der Waals surface area contributed by atoms with Crippen molar-refractivity contribution in [1.29, 1.82) is 0 Å². The van der Waals surface area contributed by atoms with Gasteiger partial charge in [0.2, 0.25) is 0 Å². The molecule has 0 unspecified atom stereocenters. The van der Waals surface area contributed by atoms with Crippen molar-refractivity contribution in [2.24, 2.45) is 7.05 Å². The van der Waals surface area contributed by atoms with Gasteiger partial charge in [-0.1, -0.05) is 43.0 Å². The van der Waals surface area contributed by atoms with Gasteiger partial charge in [-0.3, -0.25) is 0 Å². The number of para-hydroxylation sites is 1. The fourth-order valence-electron chi connectivity index (χ4n) is 2.30. The van der Waals surface area contributed by atoms with Crippen molar-refractivity contribution in [3.8, 4) is 0 Å². The Morgan fingerprint density at radius 2 is 1.75 bits per heavy atom. The summed E-state index contributed by atoms with van der Waals surface area (Å²) < 4.78 is 2.23. The zero-order valence-electron chi connectivity index (χ0n) is 9.27. The van der Waals surface area contributed by atoms with E-state index in [1.54, 1.807) is 0 Å². The highest BCUT2D eigenvalue weighted by Crippen LogP contribution is 2.28. The molecule has 0 spiro atoms. The molecule has 3 rings (SSSR count). The summed E-state index contributed by atoms with van der Waals surface area (Å²) in [6.45, 7) is 3.81. The maximum Gasteiger partial charge on any atom is 0.0494 e. The van der Waals surface area contributed by atoms with Gasteiger partial charge in [0, 0.05) is 28.9 Å². The topological polar surface area (TPSA) is 4.93 Å². The minimum Gasteiger partial charge on any atom is -0.344 e. The first-order chi connectivity index (χ1) is 7.81. The van der Waals surface area contributed by atoms with Crippen LogP contribution in [-0.2, 0) is 7.05 Å². The third kappa shape index (κ3) is 1.12. The number of fused-ring (bicyclic) bond motifs is 3. The van der Waals surface area contributed by atoms with Crippen LogP contribution < -0.4 is 0 Å². The van der Waals surface area contributed by atoms with Crippen LogP contribution in [0.4, 0.5) is 0 Å². The maximum atomic E-state index is 3.81. The summed E-state index contributed by atoms with van der Waals surface area (Å²) in [6, 6.07) is 15.0. The maximum absolute atomic E-state index is 3.81. The van der Waals surface area contributed by atoms with Crippen LogP contribution in [0, 0.1) is 0 Å². The first-order valence-corrected chi connectivity index (χ1v) is 5.41. The Bertz CT molecular complexity index is 689. The summed E-state index contributed by atoms with van der Waals surface area (Å²) >= 11 is 0. The number of hydrogen-bond acceptors (Lipinski definition) is 0. The van der Waals surface area contributed by atoms with Crippen LogP contribution in [0.2, 0.25) is 0 Å². The van der Waals surface area contributed by atoms with Gasteiger partial charge in [0.05, 0.1) is 0 Å². The lowest BCUT2D eigenvalue weighted by Crippen LogP contribution is -1.86. The molecule has 0 saturated carbocycles. The van der Waals surface area contributed by atoms with E-state index < -0.39 is 0 Å². The van der Waals surface area contributed by atoms with E-state index in [0.717, 1.165) is 0 Å². The SMILES string of the molecule is C=Cc1ccc2c3ccccc3n(C)c2c1. The monoisotopic (exact) mass is 207 g/mol. The minimum absolute atomic E-state index is 1.17. The molecule has 3 aromatic rings. The van der Waals surface area contributed by atoms with Crippen LogP contribution >= 0.6 is 0 Å². The van der Waals surface area contributed by atoms with Gasteiger partial charge >= 0.3 is 0 Å². The zero-order valence-corrected chi connectivity index (χ0v) is 9.27. The van der Waals surface area contributed by atoms with Crippen LogP contribution in [0.3, 0.4) is 0 Å². The lowest BCUT2D eigenvalue weighted by atomic mass is 10.1. The number of benzene rings is 2. The average Bonchev–Trinajstić information content (AvgIpc) is 2.64. The van der Waals surface area contributed by atoms with E-state index in [-0.39, 0.29) is 0 Å². The number of aromatic nitrogens is 1. The van der Waals surface area contributed by atoms with Gasteiger partial charge in [-0.25, -0.2) is 0 Å². The third-order valence-electron chi connectivity index (χ3n) is 3.17. The second-order valence-electron chi connectivity index (χ2n) is 4.06. The second-order valence-corrected chi connectivity index (χ2v) is 4.06. The quantitative estimate of drug-likeness (QED) is 0.569. The highest BCUT2D eigenvalue weighted by Gasteiger charge is 2.06. The Kier molecular flexibility index (Phi) is 1.87. The molecule has 0 bridgehead atoms. The third-order valence-corrected chi connectivity index (χ3v) is 3.17. The Labute approximate surface area is 94.6 Å². The predicted octanol–water partition coefficient (Wildman–Crippen LogP) is 3.97. The molecule has 1 aromatic heterocycles. The van der Waals surface area contributed by atoms with Crippen molar-refractivity contribution >= 4 is 27.9 Å². The molecule has 0 amide bonds. The number of aryl methyl sites for hydroxylation is 1. The average molecular weight is 207 g/mol. The molecule has 0 aliphatic rings. The standard InChI is InChI=1S/C15H13N/c1-3-11-8-9-13-12-6-4-5-7-14(12)16(2)15(13)10-11/h3-10H,1H2,2H3. The van der Waals surface area contributed by atoms with E-state index in [1.807, 2.05) is 6.08 Å². The molecule has 1 nitrogen and oxygen atoms in total. The normalized spacial score (nSPS) is 11.1. The van der Waals surface area contributed by atoms with Crippen molar-refractivity contribution in [3.05, 3.63) is 54.6 Å². The minimum atomic E-state index is 1.17. The van der Waals surface area contributed by atoms with Crippen molar-refractivity contribution in [2.45, 2.75) is 0 Å². The first kappa shape index (κ1) is 9.22.